The van der Waals surface area contributed by atoms with Crippen LogP contribution >= 0.6 is 15.9 Å². The molecule has 0 radical (unpaired) electrons. The number of carbonyl (C=O) groups is 1. The third-order valence-corrected chi connectivity index (χ3v) is 5.32. The third kappa shape index (κ3) is 3.36. The molecule has 0 spiro atoms. The molecule has 0 aromatic heterocycles. The van der Waals surface area contributed by atoms with Gasteiger partial charge in [0.15, 0.2) is 0 Å². The van der Waals surface area contributed by atoms with E-state index >= 15 is 0 Å². The molecular formula is C17H22BrNO3. The Morgan fingerprint density at radius 3 is 2.50 bits per heavy atom. The minimum absolute atomic E-state index is 0.00596. The van der Waals surface area contributed by atoms with Crippen molar-refractivity contribution in [3.63, 3.8) is 0 Å². The summed E-state index contributed by atoms with van der Waals surface area (Å²) in [5.41, 5.74) is 0.758. The molecule has 2 aliphatic heterocycles. The number of nitrogens with one attached hydrogen (secondary N) is 1. The number of fused-ring (bicyclic) bond motifs is 2. The SMILES string of the molecule is COC(=O)COC1(c2ccc(Br)cc2)CC2CCCC(C1)N2. The monoisotopic (exact) mass is 367 g/mol. The standard InChI is InChI=1S/C17H22BrNO3/c1-21-16(20)11-22-17(12-5-7-13(18)8-6-12)9-14-3-2-4-15(10-17)19-14/h5-8,14-15,19H,2-4,9-11H2,1H3. The van der Waals surface area contributed by atoms with E-state index in [0.29, 0.717) is 12.1 Å². The lowest BCUT2D eigenvalue weighted by molar-refractivity contribution is -0.159. The average Bonchev–Trinajstić information content (AvgIpc) is 2.53. The quantitative estimate of drug-likeness (QED) is 0.830. The van der Waals surface area contributed by atoms with Crippen molar-refractivity contribution in [1.82, 2.24) is 5.32 Å². The van der Waals surface area contributed by atoms with Crippen LogP contribution in [0.3, 0.4) is 0 Å². The molecule has 4 nitrogen and oxygen atoms in total. The largest absolute Gasteiger partial charge is 0.467 e. The van der Waals surface area contributed by atoms with E-state index in [4.69, 9.17) is 9.47 Å². The molecule has 2 bridgehead atoms. The number of rotatable bonds is 4. The highest BCUT2D eigenvalue weighted by Gasteiger charge is 2.44. The molecule has 1 aromatic rings. The van der Waals surface area contributed by atoms with Gasteiger partial charge in [0.25, 0.3) is 0 Å². The van der Waals surface area contributed by atoms with Gasteiger partial charge < -0.3 is 14.8 Å². The number of piperidine rings is 2. The Hall–Kier alpha value is -0.910. The van der Waals surface area contributed by atoms with Crippen molar-refractivity contribution in [3.8, 4) is 0 Å². The Morgan fingerprint density at radius 2 is 1.91 bits per heavy atom. The van der Waals surface area contributed by atoms with E-state index in [-0.39, 0.29) is 12.6 Å². The molecule has 0 saturated carbocycles. The van der Waals surface area contributed by atoms with Gasteiger partial charge in [0.2, 0.25) is 0 Å². The van der Waals surface area contributed by atoms with E-state index in [1.165, 1.54) is 26.4 Å². The predicted octanol–water partition coefficient (Wildman–Crippen LogP) is 3.14. The number of carbonyl (C=O) groups excluding carboxylic acids is 1. The van der Waals surface area contributed by atoms with Crippen molar-refractivity contribution in [2.75, 3.05) is 13.7 Å². The van der Waals surface area contributed by atoms with Crippen LogP contribution in [-0.4, -0.2) is 31.8 Å². The van der Waals surface area contributed by atoms with Crippen molar-refractivity contribution in [3.05, 3.63) is 34.3 Å². The second-order valence-electron chi connectivity index (χ2n) is 6.27. The Labute approximate surface area is 139 Å². The summed E-state index contributed by atoms with van der Waals surface area (Å²) in [4.78, 5) is 11.6. The Morgan fingerprint density at radius 1 is 1.27 bits per heavy atom. The normalized spacial score (nSPS) is 30.8. The van der Waals surface area contributed by atoms with E-state index in [9.17, 15) is 4.79 Å². The van der Waals surface area contributed by atoms with Crippen LogP contribution in [0.4, 0.5) is 0 Å². The topological polar surface area (TPSA) is 47.6 Å². The molecule has 120 valence electrons. The molecule has 2 unspecified atom stereocenters. The highest BCUT2D eigenvalue weighted by Crippen LogP contribution is 2.42. The van der Waals surface area contributed by atoms with Crippen molar-refractivity contribution in [1.29, 1.82) is 0 Å². The first kappa shape index (κ1) is 16.0. The molecule has 2 aliphatic rings. The van der Waals surface area contributed by atoms with Crippen LogP contribution in [0.25, 0.3) is 0 Å². The lowest BCUT2D eigenvalue weighted by Gasteiger charge is -2.48. The second kappa shape index (κ2) is 6.69. The molecule has 22 heavy (non-hydrogen) atoms. The van der Waals surface area contributed by atoms with Gasteiger partial charge in [0.1, 0.15) is 6.61 Å². The van der Waals surface area contributed by atoms with E-state index in [0.717, 1.165) is 22.9 Å². The van der Waals surface area contributed by atoms with Gasteiger partial charge in [-0.15, -0.1) is 0 Å². The van der Waals surface area contributed by atoms with Crippen LogP contribution in [-0.2, 0) is 19.9 Å². The van der Waals surface area contributed by atoms with Crippen molar-refractivity contribution < 1.29 is 14.3 Å². The van der Waals surface area contributed by atoms with Gasteiger partial charge in [0.05, 0.1) is 12.7 Å². The van der Waals surface area contributed by atoms with Gasteiger partial charge in [-0.3, -0.25) is 0 Å². The Balaban J connectivity index is 1.87. The molecule has 3 rings (SSSR count). The zero-order valence-corrected chi connectivity index (χ0v) is 14.4. The minimum Gasteiger partial charge on any atom is -0.467 e. The van der Waals surface area contributed by atoms with Crippen molar-refractivity contribution >= 4 is 21.9 Å². The Kier molecular flexibility index (Phi) is 4.85. The molecule has 2 saturated heterocycles. The van der Waals surface area contributed by atoms with Gasteiger partial charge in [-0.1, -0.05) is 34.5 Å². The maximum absolute atomic E-state index is 11.6. The summed E-state index contributed by atoms with van der Waals surface area (Å²) in [6.07, 6.45) is 5.44. The number of hydrogen-bond acceptors (Lipinski definition) is 4. The van der Waals surface area contributed by atoms with E-state index in [1.54, 1.807) is 0 Å². The predicted molar refractivity (Wildman–Crippen MR) is 87.6 cm³/mol. The van der Waals surface area contributed by atoms with Crippen molar-refractivity contribution in [2.24, 2.45) is 0 Å². The summed E-state index contributed by atoms with van der Waals surface area (Å²) in [6.45, 7) is 0.00596. The number of esters is 1. The average molecular weight is 368 g/mol. The molecule has 1 N–H and O–H groups in total. The number of ether oxygens (including phenoxy) is 2. The Bertz CT molecular complexity index is 519. The maximum atomic E-state index is 11.6. The van der Waals surface area contributed by atoms with Crippen LogP contribution in [0.2, 0.25) is 0 Å². The van der Waals surface area contributed by atoms with Crippen LogP contribution in [0.1, 0.15) is 37.7 Å². The van der Waals surface area contributed by atoms with Crippen molar-refractivity contribution in [2.45, 2.75) is 49.8 Å². The van der Waals surface area contributed by atoms with Crippen LogP contribution in [0.5, 0.6) is 0 Å². The third-order valence-electron chi connectivity index (χ3n) is 4.79. The first-order valence-electron chi connectivity index (χ1n) is 7.84. The van der Waals surface area contributed by atoms with E-state index in [2.05, 4.69) is 33.4 Å². The number of methoxy groups -OCH3 is 1. The molecule has 0 amide bonds. The molecular weight excluding hydrogens is 346 g/mol. The zero-order valence-electron chi connectivity index (χ0n) is 12.8. The summed E-state index contributed by atoms with van der Waals surface area (Å²) in [5.74, 6) is -0.319. The summed E-state index contributed by atoms with van der Waals surface area (Å²) in [7, 11) is 1.40. The van der Waals surface area contributed by atoms with Gasteiger partial charge in [0, 0.05) is 16.6 Å². The van der Waals surface area contributed by atoms with E-state index < -0.39 is 5.60 Å². The molecule has 5 heteroatoms. The number of hydrogen-bond donors (Lipinski definition) is 1. The second-order valence-corrected chi connectivity index (χ2v) is 7.18. The lowest BCUT2D eigenvalue weighted by Crippen LogP contribution is -2.55. The first-order chi connectivity index (χ1) is 10.6. The van der Waals surface area contributed by atoms with Crippen LogP contribution in [0, 0.1) is 0 Å². The smallest absolute Gasteiger partial charge is 0.331 e. The summed E-state index contributed by atoms with van der Waals surface area (Å²) in [5, 5.41) is 3.68. The summed E-state index contributed by atoms with van der Waals surface area (Å²) in [6, 6.07) is 9.21. The molecule has 2 atom stereocenters. The van der Waals surface area contributed by atoms with Crippen LogP contribution < -0.4 is 5.32 Å². The number of halogens is 1. The van der Waals surface area contributed by atoms with Gasteiger partial charge in [-0.2, -0.15) is 0 Å². The maximum Gasteiger partial charge on any atom is 0.331 e. The highest BCUT2D eigenvalue weighted by atomic mass is 79.9. The molecule has 2 fully saturated rings. The fraction of sp³-hybridized carbons (Fsp3) is 0.588. The summed E-state index contributed by atoms with van der Waals surface area (Å²) >= 11 is 3.48. The molecule has 2 heterocycles. The minimum atomic E-state index is -0.393. The number of benzene rings is 1. The first-order valence-corrected chi connectivity index (χ1v) is 8.63. The van der Waals surface area contributed by atoms with Crippen LogP contribution in [0.15, 0.2) is 28.7 Å². The zero-order chi connectivity index (χ0) is 15.6. The van der Waals surface area contributed by atoms with E-state index in [1.807, 2.05) is 12.1 Å². The fourth-order valence-electron chi connectivity index (χ4n) is 3.76. The molecule has 0 aliphatic carbocycles. The summed E-state index contributed by atoms with van der Waals surface area (Å²) < 4.78 is 12.0. The fourth-order valence-corrected chi connectivity index (χ4v) is 4.02. The lowest BCUT2D eigenvalue weighted by atomic mass is 9.73. The highest BCUT2D eigenvalue weighted by molar-refractivity contribution is 9.10. The molecule has 1 aromatic carbocycles. The van der Waals surface area contributed by atoms with Gasteiger partial charge >= 0.3 is 5.97 Å². The van der Waals surface area contributed by atoms with Gasteiger partial charge in [-0.05, 0) is 43.4 Å². The van der Waals surface area contributed by atoms with Gasteiger partial charge in [-0.25, -0.2) is 4.79 Å².